The predicted octanol–water partition coefficient (Wildman–Crippen LogP) is 7.42. The number of carbonyl (C=O) groups is 4. The van der Waals surface area contributed by atoms with Crippen LogP contribution in [0.4, 0.5) is 0 Å². The van der Waals surface area contributed by atoms with Crippen LogP contribution < -0.4 is 14.2 Å². The molecule has 0 bridgehead atoms. The second kappa shape index (κ2) is 13.7. The molecule has 2 N–H and O–H groups in total. The Bertz CT molecular complexity index is 1700. The van der Waals surface area contributed by atoms with Crippen molar-refractivity contribution in [2.24, 2.45) is 11.8 Å². The Morgan fingerprint density at radius 3 is 2.14 bits per heavy atom. The third-order valence-corrected chi connectivity index (χ3v) is 9.58. The predicted molar refractivity (Wildman–Crippen MR) is 167 cm³/mol. The summed E-state index contributed by atoms with van der Waals surface area (Å²) in [6, 6.07) is 8.34. The van der Waals surface area contributed by atoms with Gasteiger partial charge in [0.05, 0.1) is 41.0 Å². The Balaban J connectivity index is 1.39. The first-order valence-corrected chi connectivity index (χ1v) is 15.5. The highest BCUT2D eigenvalue weighted by Gasteiger charge is 2.22. The van der Waals surface area contributed by atoms with Gasteiger partial charge >= 0.3 is 5.97 Å². The van der Waals surface area contributed by atoms with Gasteiger partial charge in [0, 0.05) is 52.1 Å². The third kappa shape index (κ3) is 7.46. The van der Waals surface area contributed by atoms with E-state index in [-0.39, 0.29) is 65.8 Å². The number of benzene rings is 2. The number of Topliss-reactive ketones (excluding diaryl/α,β-unsaturated/α-hetero) is 3. The van der Waals surface area contributed by atoms with Gasteiger partial charge in [0.25, 0.3) is 0 Å². The number of hydrogen-bond donors (Lipinski definition) is 2. The van der Waals surface area contributed by atoms with E-state index in [0.29, 0.717) is 37.8 Å². The van der Waals surface area contributed by atoms with Crippen LogP contribution in [0.15, 0.2) is 30.3 Å². The summed E-state index contributed by atoms with van der Waals surface area (Å²) in [6.45, 7) is 5.11. The normalized spacial score (nSPS) is 12.7. The summed E-state index contributed by atoms with van der Waals surface area (Å²) >= 11 is 9.12. The maximum absolute atomic E-state index is 12.6. The van der Waals surface area contributed by atoms with Crippen LogP contribution in [0.2, 0.25) is 5.02 Å². The molecule has 0 aliphatic heterocycles. The van der Waals surface area contributed by atoms with E-state index < -0.39 is 11.9 Å². The van der Waals surface area contributed by atoms with Crippen molar-refractivity contribution in [1.29, 1.82) is 0 Å². The summed E-state index contributed by atoms with van der Waals surface area (Å²) in [6.07, 6.45) is 0.456. The molecule has 0 spiro atoms. The molecule has 0 amide bonds. The van der Waals surface area contributed by atoms with Crippen molar-refractivity contribution in [2.75, 3.05) is 20.3 Å². The molecule has 9 nitrogen and oxygen atoms in total. The number of carbonyl (C=O) groups excluding carboxylic acids is 3. The highest BCUT2D eigenvalue weighted by atomic mass is 35.5. The molecule has 0 aliphatic rings. The van der Waals surface area contributed by atoms with Crippen LogP contribution in [0.1, 0.15) is 59.4 Å². The quantitative estimate of drug-likeness (QED) is 0.0998. The number of ether oxygens (including phenoxy) is 3. The lowest BCUT2D eigenvalue weighted by atomic mass is 10.0. The van der Waals surface area contributed by atoms with Crippen LogP contribution in [0.25, 0.3) is 20.2 Å². The Morgan fingerprint density at radius 2 is 1.49 bits per heavy atom. The molecule has 4 rings (SSSR count). The van der Waals surface area contributed by atoms with E-state index in [1.165, 1.54) is 43.6 Å². The SMILES string of the molecule is COc1cc2sc(C(=O)C[C@H](C)C(=O)O)cc2c(Cl)c1OCCCOc1cc2cc(C(=O)C[C@H](C)C(C)=O)sc2cc1O. The number of hydrogen-bond acceptors (Lipinski definition) is 10. The highest BCUT2D eigenvalue weighted by molar-refractivity contribution is 7.21. The lowest BCUT2D eigenvalue weighted by Gasteiger charge is -2.13. The molecule has 2 aromatic carbocycles. The second-order valence-corrected chi connectivity index (χ2v) is 12.8. The number of ketones is 3. The zero-order valence-corrected chi connectivity index (χ0v) is 26.4. The fraction of sp³-hybridized carbons (Fsp3) is 0.355. The fourth-order valence-corrected chi connectivity index (χ4v) is 6.67. The number of thiophene rings is 2. The van der Waals surface area contributed by atoms with Crippen molar-refractivity contribution in [1.82, 2.24) is 0 Å². The minimum absolute atomic E-state index is 0.0372. The Kier molecular flexibility index (Phi) is 10.3. The number of rotatable bonds is 15. The van der Waals surface area contributed by atoms with Gasteiger partial charge in [0.1, 0.15) is 5.78 Å². The zero-order valence-electron chi connectivity index (χ0n) is 24.0. The molecule has 12 heteroatoms. The minimum Gasteiger partial charge on any atom is -0.504 e. The topological polar surface area (TPSA) is 136 Å². The van der Waals surface area contributed by atoms with Crippen LogP contribution in [-0.2, 0) is 9.59 Å². The highest BCUT2D eigenvalue weighted by Crippen LogP contribution is 2.44. The Hall–Kier alpha value is -3.67. The summed E-state index contributed by atoms with van der Waals surface area (Å²) in [4.78, 5) is 48.8. The molecular weight excluding hydrogens is 616 g/mol. The van der Waals surface area contributed by atoms with Gasteiger partial charge in [0.15, 0.2) is 34.6 Å². The van der Waals surface area contributed by atoms with E-state index >= 15 is 0 Å². The standard InChI is InChI=1S/C31H31ClO9S2/c1-15(17(3)33)8-21(35)27-11-18-10-23(20(34)13-25(18)42-27)40-6-5-7-41-30-24(39-4)14-26-19(29(30)32)12-28(43-26)22(36)9-16(2)31(37)38/h10-16,34H,5-9H2,1-4H3,(H,37,38)/t15-,16-/m0/s1. The van der Waals surface area contributed by atoms with Crippen LogP contribution in [0.5, 0.6) is 23.0 Å². The Labute approximate surface area is 260 Å². The van der Waals surface area contributed by atoms with E-state index in [1.807, 2.05) is 0 Å². The molecule has 0 saturated carbocycles. The van der Waals surface area contributed by atoms with Crippen molar-refractivity contribution in [3.8, 4) is 23.0 Å². The zero-order chi connectivity index (χ0) is 31.4. The second-order valence-electron chi connectivity index (χ2n) is 10.3. The average molecular weight is 647 g/mol. The van der Waals surface area contributed by atoms with Gasteiger partial charge in [-0.1, -0.05) is 25.4 Å². The summed E-state index contributed by atoms with van der Waals surface area (Å²) in [5.41, 5.74) is 0. The van der Waals surface area contributed by atoms with Gasteiger partial charge in [-0.3, -0.25) is 19.2 Å². The van der Waals surface area contributed by atoms with Crippen LogP contribution in [0, 0.1) is 11.8 Å². The van der Waals surface area contributed by atoms with Gasteiger partial charge in [-0.05, 0) is 30.5 Å². The Morgan fingerprint density at radius 1 is 0.860 bits per heavy atom. The largest absolute Gasteiger partial charge is 0.504 e. The first kappa shape index (κ1) is 32.2. The number of carboxylic acid groups (broad SMARTS) is 1. The molecule has 0 radical (unpaired) electrons. The van der Waals surface area contributed by atoms with Gasteiger partial charge < -0.3 is 24.4 Å². The fourth-order valence-electron chi connectivity index (χ4n) is 4.23. The van der Waals surface area contributed by atoms with Crippen LogP contribution in [0.3, 0.4) is 0 Å². The maximum atomic E-state index is 12.6. The third-order valence-electron chi connectivity index (χ3n) is 6.94. The van der Waals surface area contributed by atoms with Crippen molar-refractivity contribution >= 4 is 77.8 Å². The molecule has 0 saturated heterocycles. The number of halogens is 1. The molecular formula is C31H31ClO9S2. The van der Waals surface area contributed by atoms with E-state index in [1.54, 1.807) is 37.3 Å². The van der Waals surface area contributed by atoms with E-state index in [2.05, 4.69) is 0 Å². The number of fused-ring (bicyclic) bond motifs is 2. The van der Waals surface area contributed by atoms with E-state index in [0.717, 1.165) is 10.1 Å². The summed E-state index contributed by atoms with van der Waals surface area (Å²) in [5.74, 6) is -1.70. The molecule has 4 aromatic rings. The molecule has 0 fully saturated rings. The molecule has 0 unspecified atom stereocenters. The lowest BCUT2D eigenvalue weighted by molar-refractivity contribution is -0.141. The van der Waals surface area contributed by atoms with Gasteiger partial charge in [-0.25, -0.2) is 0 Å². The first-order valence-electron chi connectivity index (χ1n) is 13.5. The maximum Gasteiger partial charge on any atom is 0.306 e. The average Bonchev–Trinajstić information content (AvgIpc) is 3.58. The van der Waals surface area contributed by atoms with Gasteiger partial charge in [-0.15, -0.1) is 22.7 Å². The number of aliphatic carboxylic acids is 1. The molecule has 0 aliphatic carbocycles. The van der Waals surface area contributed by atoms with E-state index in [9.17, 15) is 24.3 Å². The number of methoxy groups -OCH3 is 1. The van der Waals surface area contributed by atoms with Gasteiger partial charge in [0.2, 0.25) is 0 Å². The molecule has 228 valence electrons. The summed E-state index contributed by atoms with van der Waals surface area (Å²) < 4.78 is 18.6. The summed E-state index contributed by atoms with van der Waals surface area (Å²) in [5, 5.41) is 21.2. The first-order chi connectivity index (χ1) is 20.4. The minimum atomic E-state index is -1.03. The van der Waals surface area contributed by atoms with Crippen LogP contribution >= 0.6 is 34.3 Å². The lowest BCUT2D eigenvalue weighted by Crippen LogP contribution is -2.13. The monoisotopic (exact) mass is 646 g/mol. The van der Waals surface area contributed by atoms with Crippen molar-refractivity contribution in [3.63, 3.8) is 0 Å². The molecule has 2 heterocycles. The smallest absolute Gasteiger partial charge is 0.306 e. The van der Waals surface area contributed by atoms with Gasteiger partial charge in [-0.2, -0.15) is 0 Å². The van der Waals surface area contributed by atoms with Crippen molar-refractivity contribution in [2.45, 2.75) is 40.0 Å². The number of phenols is 1. The number of carboxylic acids is 1. The van der Waals surface area contributed by atoms with Crippen molar-refractivity contribution in [3.05, 3.63) is 45.1 Å². The summed E-state index contributed by atoms with van der Waals surface area (Å²) in [7, 11) is 1.48. The van der Waals surface area contributed by atoms with Crippen molar-refractivity contribution < 1.29 is 43.6 Å². The molecule has 2 aromatic heterocycles. The molecule has 2 atom stereocenters. The number of phenolic OH excluding ortho intramolecular Hbond substituents is 1. The number of aromatic hydroxyl groups is 1. The van der Waals surface area contributed by atoms with E-state index in [4.69, 9.17) is 30.9 Å². The molecule has 43 heavy (non-hydrogen) atoms. The van der Waals surface area contributed by atoms with Crippen LogP contribution in [-0.4, -0.2) is 53.9 Å².